The molecule has 0 saturated heterocycles. The molecule has 0 bridgehead atoms. The van der Waals surface area contributed by atoms with E-state index in [4.69, 9.17) is 9.47 Å². The summed E-state index contributed by atoms with van der Waals surface area (Å²) >= 11 is 0. The van der Waals surface area contributed by atoms with E-state index in [1.54, 1.807) is 7.11 Å². The standard InChI is InChI=1S/C17H26O3/c1-3-20-17(11-7-4-8-12-17)16(18)13-14-9-5-6-10-15(14)19-2/h5-6,9-10,16,18H,3-4,7-8,11-13H2,1-2H3. The average Bonchev–Trinajstić information content (AvgIpc) is 2.49. The first kappa shape index (κ1) is 15.3. The van der Waals surface area contributed by atoms with Gasteiger partial charge in [-0.1, -0.05) is 37.5 Å². The summed E-state index contributed by atoms with van der Waals surface area (Å²) in [7, 11) is 1.67. The van der Waals surface area contributed by atoms with Gasteiger partial charge in [0.05, 0.1) is 18.8 Å². The number of hydrogen-bond acceptors (Lipinski definition) is 3. The van der Waals surface area contributed by atoms with Gasteiger partial charge in [-0.2, -0.15) is 0 Å². The molecular formula is C17H26O3. The van der Waals surface area contributed by atoms with Crippen LogP contribution in [0.5, 0.6) is 5.75 Å². The molecule has 1 atom stereocenters. The highest BCUT2D eigenvalue weighted by atomic mass is 16.5. The number of benzene rings is 1. The van der Waals surface area contributed by atoms with Crippen molar-refractivity contribution in [3.8, 4) is 5.75 Å². The minimum atomic E-state index is -0.473. The van der Waals surface area contributed by atoms with Crippen LogP contribution in [0, 0.1) is 0 Å². The average molecular weight is 278 g/mol. The second-order valence-corrected chi connectivity index (χ2v) is 5.59. The molecule has 2 rings (SSSR count). The molecule has 1 aromatic rings. The van der Waals surface area contributed by atoms with Crippen LogP contribution in [0.25, 0.3) is 0 Å². The lowest BCUT2D eigenvalue weighted by atomic mass is 9.78. The maximum absolute atomic E-state index is 10.7. The molecule has 0 aromatic heterocycles. The molecule has 20 heavy (non-hydrogen) atoms. The molecule has 1 N–H and O–H groups in total. The Balaban J connectivity index is 2.13. The van der Waals surface area contributed by atoms with Gasteiger partial charge in [-0.15, -0.1) is 0 Å². The lowest BCUT2D eigenvalue weighted by molar-refractivity contribution is -0.138. The summed E-state index contributed by atoms with van der Waals surface area (Å²) in [6, 6.07) is 7.90. The van der Waals surface area contributed by atoms with Crippen LogP contribution in [0.15, 0.2) is 24.3 Å². The van der Waals surface area contributed by atoms with Crippen molar-refractivity contribution in [2.24, 2.45) is 0 Å². The van der Waals surface area contributed by atoms with Gasteiger partial charge in [-0.25, -0.2) is 0 Å². The number of para-hydroxylation sites is 1. The Kier molecular flexibility index (Phi) is 5.44. The predicted molar refractivity (Wildman–Crippen MR) is 80.1 cm³/mol. The first-order chi connectivity index (χ1) is 9.72. The van der Waals surface area contributed by atoms with E-state index >= 15 is 0 Å². The van der Waals surface area contributed by atoms with Gasteiger partial charge in [-0.05, 0) is 31.4 Å². The minimum absolute atomic E-state index is 0.367. The highest BCUT2D eigenvalue weighted by molar-refractivity contribution is 5.34. The molecule has 1 aliphatic rings. The van der Waals surface area contributed by atoms with Gasteiger partial charge in [0.25, 0.3) is 0 Å². The van der Waals surface area contributed by atoms with Gasteiger partial charge >= 0.3 is 0 Å². The smallest absolute Gasteiger partial charge is 0.122 e. The topological polar surface area (TPSA) is 38.7 Å². The summed E-state index contributed by atoms with van der Waals surface area (Å²) in [6.07, 6.45) is 5.56. The van der Waals surface area contributed by atoms with E-state index in [2.05, 4.69) is 0 Å². The highest BCUT2D eigenvalue weighted by Crippen LogP contribution is 2.36. The van der Waals surface area contributed by atoms with Crippen molar-refractivity contribution >= 4 is 0 Å². The van der Waals surface area contributed by atoms with Gasteiger partial charge in [-0.3, -0.25) is 0 Å². The molecule has 3 nitrogen and oxygen atoms in total. The van der Waals surface area contributed by atoms with Crippen molar-refractivity contribution in [3.05, 3.63) is 29.8 Å². The first-order valence-electron chi connectivity index (χ1n) is 7.66. The Morgan fingerprint density at radius 3 is 2.55 bits per heavy atom. The maximum Gasteiger partial charge on any atom is 0.122 e. The van der Waals surface area contributed by atoms with E-state index in [9.17, 15) is 5.11 Å². The zero-order chi connectivity index (χ0) is 14.4. The Labute approximate surface area is 121 Å². The molecule has 1 aliphatic carbocycles. The molecule has 0 heterocycles. The van der Waals surface area contributed by atoms with Crippen molar-refractivity contribution in [2.75, 3.05) is 13.7 Å². The fourth-order valence-corrected chi connectivity index (χ4v) is 3.28. The Bertz CT molecular complexity index is 405. The Hall–Kier alpha value is -1.06. The normalized spacial score (nSPS) is 19.6. The summed E-state index contributed by atoms with van der Waals surface area (Å²) in [5.41, 5.74) is 0.681. The van der Waals surface area contributed by atoms with Crippen LogP contribution in [-0.4, -0.2) is 30.5 Å². The lowest BCUT2D eigenvalue weighted by Gasteiger charge is -2.41. The molecular weight excluding hydrogens is 252 g/mol. The van der Waals surface area contributed by atoms with Crippen molar-refractivity contribution in [2.45, 2.75) is 57.2 Å². The van der Waals surface area contributed by atoms with Crippen molar-refractivity contribution in [1.29, 1.82) is 0 Å². The molecule has 1 saturated carbocycles. The quantitative estimate of drug-likeness (QED) is 0.867. The molecule has 0 radical (unpaired) electrons. The van der Waals surface area contributed by atoms with Crippen LogP contribution in [0.3, 0.4) is 0 Å². The second-order valence-electron chi connectivity index (χ2n) is 5.59. The largest absolute Gasteiger partial charge is 0.496 e. The molecule has 0 aliphatic heterocycles. The maximum atomic E-state index is 10.7. The predicted octanol–water partition coefficient (Wildman–Crippen LogP) is 3.34. The lowest BCUT2D eigenvalue weighted by Crippen LogP contribution is -2.47. The molecule has 112 valence electrons. The fourth-order valence-electron chi connectivity index (χ4n) is 3.28. The molecule has 0 amide bonds. The molecule has 1 unspecified atom stereocenters. The number of aliphatic hydroxyl groups excluding tert-OH is 1. The number of hydrogen-bond donors (Lipinski definition) is 1. The summed E-state index contributed by atoms with van der Waals surface area (Å²) < 4.78 is 11.4. The molecule has 1 aromatic carbocycles. The van der Waals surface area contributed by atoms with Gasteiger partial charge in [0, 0.05) is 13.0 Å². The summed E-state index contributed by atoms with van der Waals surface area (Å²) in [5, 5.41) is 10.7. The van der Waals surface area contributed by atoms with Gasteiger partial charge in [0.2, 0.25) is 0 Å². The van der Waals surface area contributed by atoms with Crippen LogP contribution in [-0.2, 0) is 11.2 Å². The minimum Gasteiger partial charge on any atom is -0.496 e. The third-order valence-electron chi connectivity index (χ3n) is 4.34. The van der Waals surface area contributed by atoms with E-state index in [0.717, 1.165) is 37.0 Å². The van der Waals surface area contributed by atoms with E-state index in [-0.39, 0.29) is 5.60 Å². The number of ether oxygens (including phenoxy) is 2. The van der Waals surface area contributed by atoms with Crippen LogP contribution < -0.4 is 4.74 Å². The third kappa shape index (κ3) is 3.33. The fraction of sp³-hybridized carbons (Fsp3) is 0.647. The number of methoxy groups -OCH3 is 1. The van der Waals surface area contributed by atoms with E-state index in [1.165, 1.54) is 6.42 Å². The van der Waals surface area contributed by atoms with Gasteiger partial charge in [0.15, 0.2) is 0 Å². The van der Waals surface area contributed by atoms with Gasteiger partial charge in [0.1, 0.15) is 5.75 Å². The van der Waals surface area contributed by atoms with Crippen LogP contribution in [0.2, 0.25) is 0 Å². The first-order valence-corrected chi connectivity index (χ1v) is 7.66. The van der Waals surface area contributed by atoms with E-state index in [1.807, 2.05) is 31.2 Å². The summed E-state index contributed by atoms with van der Waals surface area (Å²) in [5.74, 6) is 0.842. The molecule has 1 fully saturated rings. The van der Waals surface area contributed by atoms with Crippen molar-refractivity contribution < 1.29 is 14.6 Å². The zero-order valence-electron chi connectivity index (χ0n) is 12.6. The SMILES string of the molecule is CCOC1(C(O)Cc2ccccc2OC)CCCCC1. The third-order valence-corrected chi connectivity index (χ3v) is 4.34. The van der Waals surface area contributed by atoms with Crippen LogP contribution in [0.1, 0.15) is 44.6 Å². The van der Waals surface area contributed by atoms with Crippen molar-refractivity contribution in [1.82, 2.24) is 0 Å². The second kappa shape index (κ2) is 7.09. The van der Waals surface area contributed by atoms with E-state index < -0.39 is 6.10 Å². The zero-order valence-corrected chi connectivity index (χ0v) is 12.6. The molecule has 0 spiro atoms. The monoisotopic (exact) mass is 278 g/mol. The van der Waals surface area contributed by atoms with Gasteiger partial charge < -0.3 is 14.6 Å². The number of aliphatic hydroxyl groups is 1. The van der Waals surface area contributed by atoms with Crippen LogP contribution in [0.4, 0.5) is 0 Å². The highest BCUT2D eigenvalue weighted by Gasteiger charge is 2.39. The van der Waals surface area contributed by atoms with E-state index in [0.29, 0.717) is 13.0 Å². The summed E-state index contributed by atoms with van der Waals surface area (Å²) in [6.45, 7) is 2.66. The Morgan fingerprint density at radius 2 is 1.90 bits per heavy atom. The molecule has 3 heteroatoms. The summed E-state index contributed by atoms with van der Waals surface area (Å²) in [4.78, 5) is 0. The number of rotatable bonds is 6. The Morgan fingerprint density at radius 1 is 1.20 bits per heavy atom. The van der Waals surface area contributed by atoms with Crippen LogP contribution >= 0.6 is 0 Å². The van der Waals surface area contributed by atoms with Crippen molar-refractivity contribution in [3.63, 3.8) is 0 Å².